The molecule has 1 atom stereocenters. The fourth-order valence-corrected chi connectivity index (χ4v) is 3.46. The van der Waals surface area contributed by atoms with E-state index in [1.807, 2.05) is 12.5 Å². The van der Waals surface area contributed by atoms with Crippen LogP contribution >= 0.6 is 0 Å². The molecule has 0 amide bonds. The van der Waals surface area contributed by atoms with Gasteiger partial charge in [-0.25, -0.2) is 4.98 Å². The van der Waals surface area contributed by atoms with E-state index < -0.39 is 0 Å². The minimum Gasteiger partial charge on any atom is -0.378 e. The van der Waals surface area contributed by atoms with E-state index in [2.05, 4.69) is 69.0 Å². The van der Waals surface area contributed by atoms with Crippen molar-refractivity contribution in [2.75, 3.05) is 31.2 Å². The number of morpholine rings is 1. The summed E-state index contributed by atoms with van der Waals surface area (Å²) in [5.41, 5.74) is 4.99. The number of para-hydroxylation sites is 1. The first-order valence-electron chi connectivity index (χ1n) is 8.88. The highest BCUT2D eigenvalue weighted by molar-refractivity contribution is 5.55. The zero-order valence-electron chi connectivity index (χ0n) is 14.6. The monoisotopic (exact) mass is 336 g/mol. The summed E-state index contributed by atoms with van der Waals surface area (Å²) >= 11 is 0. The Hall–Kier alpha value is -2.37. The van der Waals surface area contributed by atoms with Crippen LogP contribution in [0.1, 0.15) is 24.2 Å². The lowest BCUT2D eigenvalue weighted by Gasteiger charge is -2.32. The lowest BCUT2D eigenvalue weighted by atomic mass is 10.0. The van der Waals surface area contributed by atoms with E-state index >= 15 is 0 Å². The van der Waals surface area contributed by atoms with Crippen LogP contribution in [-0.4, -0.2) is 35.7 Å². The van der Waals surface area contributed by atoms with Crippen molar-refractivity contribution in [1.82, 2.24) is 14.7 Å². The zero-order valence-corrected chi connectivity index (χ0v) is 14.6. The van der Waals surface area contributed by atoms with Gasteiger partial charge in [0.2, 0.25) is 0 Å². The smallest absolute Gasteiger partial charge is 0.0994 e. The van der Waals surface area contributed by atoms with Crippen molar-refractivity contribution in [2.45, 2.75) is 19.5 Å². The quantitative estimate of drug-likeness (QED) is 0.778. The molecule has 0 radical (unpaired) electrons. The van der Waals surface area contributed by atoms with E-state index in [-0.39, 0.29) is 6.04 Å². The lowest BCUT2D eigenvalue weighted by molar-refractivity contribution is 0.122. The van der Waals surface area contributed by atoms with Gasteiger partial charge in [0, 0.05) is 37.1 Å². The molecule has 1 unspecified atom stereocenters. The topological polar surface area (TPSA) is 41.8 Å². The van der Waals surface area contributed by atoms with Crippen molar-refractivity contribution >= 4 is 11.2 Å². The largest absolute Gasteiger partial charge is 0.378 e. The van der Waals surface area contributed by atoms with Crippen LogP contribution in [0, 0.1) is 0 Å². The molecule has 1 saturated heterocycles. The van der Waals surface area contributed by atoms with Crippen LogP contribution < -0.4 is 10.2 Å². The second kappa shape index (κ2) is 7.25. The molecular formula is C20H24N4O. The van der Waals surface area contributed by atoms with E-state index in [0.29, 0.717) is 0 Å². The molecule has 3 aromatic rings. The number of pyridine rings is 1. The molecule has 1 aliphatic rings. The number of hydrogen-bond acceptors (Lipinski definition) is 4. The molecule has 5 nitrogen and oxygen atoms in total. The molecule has 0 bridgehead atoms. The standard InChI is InChI=1S/C20H24N4O/c1-16(22-14-18-6-4-5-17-13-21-15-24(17)18)19-7-2-3-8-20(19)23-9-11-25-12-10-23/h2-8,13,15-16,22H,9-12,14H2,1H3. The van der Waals surface area contributed by atoms with Gasteiger partial charge >= 0.3 is 0 Å². The highest BCUT2D eigenvalue weighted by Gasteiger charge is 2.17. The van der Waals surface area contributed by atoms with E-state index in [0.717, 1.165) is 38.4 Å². The summed E-state index contributed by atoms with van der Waals surface area (Å²) in [6.45, 7) is 6.55. The number of imidazole rings is 1. The Bertz CT molecular complexity index is 838. The van der Waals surface area contributed by atoms with Crippen molar-refractivity contribution in [3.63, 3.8) is 0 Å². The number of fused-ring (bicyclic) bond motifs is 1. The molecule has 1 aromatic carbocycles. The lowest BCUT2D eigenvalue weighted by Crippen LogP contribution is -2.37. The third-order valence-electron chi connectivity index (χ3n) is 4.88. The summed E-state index contributed by atoms with van der Waals surface area (Å²) in [6, 6.07) is 15.2. The molecule has 0 saturated carbocycles. The minimum atomic E-state index is 0.262. The number of nitrogens with one attached hydrogen (secondary N) is 1. The zero-order chi connectivity index (χ0) is 17.1. The van der Waals surface area contributed by atoms with Crippen LogP contribution in [0.15, 0.2) is 55.0 Å². The Kier molecular flexibility index (Phi) is 4.68. The van der Waals surface area contributed by atoms with Crippen molar-refractivity contribution in [1.29, 1.82) is 0 Å². The van der Waals surface area contributed by atoms with Gasteiger partial charge in [-0.3, -0.25) is 0 Å². The van der Waals surface area contributed by atoms with Crippen LogP contribution in [0.25, 0.3) is 5.52 Å². The maximum absolute atomic E-state index is 5.49. The van der Waals surface area contributed by atoms with Crippen LogP contribution in [-0.2, 0) is 11.3 Å². The summed E-state index contributed by atoms with van der Waals surface area (Å²) in [5.74, 6) is 0. The van der Waals surface area contributed by atoms with Crippen molar-refractivity contribution in [3.8, 4) is 0 Å². The predicted molar refractivity (Wildman–Crippen MR) is 99.9 cm³/mol. The molecule has 130 valence electrons. The SMILES string of the molecule is CC(NCc1cccc2cncn12)c1ccccc1N1CCOCC1. The highest BCUT2D eigenvalue weighted by Crippen LogP contribution is 2.27. The van der Waals surface area contributed by atoms with Gasteiger partial charge in [0.25, 0.3) is 0 Å². The van der Waals surface area contributed by atoms with E-state index in [1.54, 1.807) is 0 Å². The third-order valence-corrected chi connectivity index (χ3v) is 4.88. The number of hydrogen-bond donors (Lipinski definition) is 1. The van der Waals surface area contributed by atoms with Gasteiger partial charge in [-0.15, -0.1) is 0 Å². The first-order valence-corrected chi connectivity index (χ1v) is 8.88. The molecular weight excluding hydrogens is 312 g/mol. The average molecular weight is 336 g/mol. The van der Waals surface area contributed by atoms with Crippen LogP contribution in [0.5, 0.6) is 0 Å². The Morgan fingerprint density at radius 3 is 2.84 bits per heavy atom. The number of anilines is 1. The molecule has 5 heteroatoms. The van der Waals surface area contributed by atoms with Gasteiger partial charge in [0.15, 0.2) is 0 Å². The maximum atomic E-state index is 5.49. The van der Waals surface area contributed by atoms with Gasteiger partial charge in [-0.1, -0.05) is 24.3 Å². The van der Waals surface area contributed by atoms with Gasteiger partial charge < -0.3 is 19.4 Å². The number of nitrogens with zero attached hydrogens (tertiary/aromatic N) is 3. The second-order valence-electron chi connectivity index (χ2n) is 6.47. The Balaban J connectivity index is 1.51. The molecule has 1 N–H and O–H groups in total. The molecule has 25 heavy (non-hydrogen) atoms. The van der Waals surface area contributed by atoms with Gasteiger partial charge in [0.05, 0.1) is 31.3 Å². The third kappa shape index (κ3) is 3.38. The molecule has 4 rings (SSSR count). The number of ether oxygens (including phenoxy) is 1. The van der Waals surface area contributed by atoms with Crippen LogP contribution in [0.3, 0.4) is 0 Å². The summed E-state index contributed by atoms with van der Waals surface area (Å²) < 4.78 is 7.63. The van der Waals surface area contributed by atoms with Gasteiger partial charge in [0.1, 0.15) is 0 Å². The molecule has 1 fully saturated rings. The summed E-state index contributed by atoms with van der Waals surface area (Å²) in [6.07, 6.45) is 3.76. The van der Waals surface area contributed by atoms with E-state index in [1.165, 1.54) is 16.9 Å². The normalized spacial score (nSPS) is 16.3. The summed E-state index contributed by atoms with van der Waals surface area (Å²) in [5, 5.41) is 3.67. The molecule has 0 spiro atoms. The van der Waals surface area contributed by atoms with Crippen molar-refractivity contribution in [2.24, 2.45) is 0 Å². The number of rotatable bonds is 5. The first kappa shape index (κ1) is 16.1. The van der Waals surface area contributed by atoms with Crippen molar-refractivity contribution < 1.29 is 4.74 Å². The molecule has 0 aliphatic carbocycles. The Labute approximate surface area is 148 Å². The molecule has 1 aliphatic heterocycles. The second-order valence-corrected chi connectivity index (χ2v) is 6.47. The molecule has 3 heterocycles. The highest BCUT2D eigenvalue weighted by atomic mass is 16.5. The summed E-state index contributed by atoms with van der Waals surface area (Å²) in [7, 11) is 0. The Morgan fingerprint density at radius 1 is 1.12 bits per heavy atom. The fraction of sp³-hybridized carbons (Fsp3) is 0.350. The van der Waals surface area contributed by atoms with Gasteiger partial charge in [-0.05, 0) is 30.7 Å². The van der Waals surface area contributed by atoms with Crippen LogP contribution in [0.4, 0.5) is 5.69 Å². The fourth-order valence-electron chi connectivity index (χ4n) is 3.46. The Morgan fingerprint density at radius 2 is 1.96 bits per heavy atom. The van der Waals surface area contributed by atoms with Crippen molar-refractivity contribution in [3.05, 3.63) is 66.2 Å². The first-order chi connectivity index (χ1) is 12.3. The summed E-state index contributed by atoms with van der Waals surface area (Å²) in [4.78, 5) is 6.66. The number of aromatic nitrogens is 2. The average Bonchev–Trinajstić information content (AvgIpc) is 3.16. The molecule has 2 aromatic heterocycles. The minimum absolute atomic E-state index is 0.262. The maximum Gasteiger partial charge on any atom is 0.0994 e. The van der Waals surface area contributed by atoms with Crippen LogP contribution in [0.2, 0.25) is 0 Å². The van der Waals surface area contributed by atoms with Gasteiger partial charge in [-0.2, -0.15) is 0 Å². The van der Waals surface area contributed by atoms with E-state index in [9.17, 15) is 0 Å². The number of benzene rings is 1. The predicted octanol–water partition coefficient (Wildman–Crippen LogP) is 3.02. The van der Waals surface area contributed by atoms with E-state index in [4.69, 9.17) is 4.74 Å².